The van der Waals surface area contributed by atoms with Crippen LogP contribution in [-0.2, 0) is 17.8 Å². The Morgan fingerprint density at radius 1 is 1.28 bits per heavy atom. The quantitative estimate of drug-likeness (QED) is 0.863. The third-order valence-electron chi connectivity index (χ3n) is 3.49. The van der Waals surface area contributed by atoms with Crippen molar-refractivity contribution in [3.63, 3.8) is 0 Å². The smallest absolute Gasteiger partial charge is 0.0619 e. The van der Waals surface area contributed by atoms with E-state index in [0.29, 0.717) is 6.04 Å². The summed E-state index contributed by atoms with van der Waals surface area (Å²) in [6.07, 6.45) is 0. The van der Waals surface area contributed by atoms with E-state index in [-0.39, 0.29) is 0 Å². The van der Waals surface area contributed by atoms with Gasteiger partial charge in [-0.15, -0.1) is 0 Å². The topological polar surface area (TPSA) is 24.5 Å². The lowest BCUT2D eigenvalue weighted by Gasteiger charge is -2.33. The number of ether oxygens (including phenoxy) is 1. The van der Waals surface area contributed by atoms with Crippen LogP contribution in [0.1, 0.15) is 25.0 Å². The average Bonchev–Trinajstić information content (AvgIpc) is 2.41. The van der Waals surface area contributed by atoms with Crippen molar-refractivity contribution in [1.29, 1.82) is 0 Å². The van der Waals surface area contributed by atoms with Crippen LogP contribution in [0.2, 0.25) is 0 Å². The fourth-order valence-electron chi connectivity index (χ4n) is 2.26. The van der Waals surface area contributed by atoms with Crippen molar-refractivity contribution in [2.24, 2.45) is 0 Å². The molecule has 1 fully saturated rings. The van der Waals surface area contributed by atoms with Gasteiger partial charge in [0.05, 0.1) is 13.2 Å². The van der Waals surface area contributed by atoms with Gasteiger partial charge in [-0.05, 0) is 24.6 Å². The summed E-state index contributed by atoms with van der Waals surface area (Å²) in [6, 6.07) is 9.47. The van der Waals surface area contributed by atoms with E-state index in [0.717, 1.165) is 39.4 Å². The molecule has 0 aromatic heterocycles. The molecule has 0 bridgehead atoms. The van der Waals surface area contributed by atoms with Crippen molar-refractivity contribution < 1.29 is 4.74 Å². The summed E-state index contributed by atoms with van der Waals surface area (Å²) in [5.41, 5.74) is 2.75. The normalized spacial score (nSPS) is 21.1. The zero-order valence-corrected chi connectivity index (χ0v) is 11.5. The van der Waals surface area contributed by atoms with Gasteiger partial charge in [0.1, 0.15) is 0 Å². The van der Waals surface area contributed by atoms with Gasteiger partial charge in [0.2, 0.25) is 0 Å². The van der Waals surface area contributed by atoms with E-state index in [1.165, 1.54) is 11.1 Å². The molecule has 18 heavy (non-hydrogen) atoms. The molecule has 3 nitrogen and oxygen atoms in total. The summed E-state index contributed by atoms with van der Waals surface area (Å²) in [6.45, 7) is 10.2. The van der Waals surface area contributed by atoms with Crippen LogP contribution < -0.4 is 5.32 Å². The molecule has 1 aliphatic rings. The SMILES string of the molecule is CCNCc1ccc(CN2CCOCC2C)cc1. The van der Waals surface area contributed by atoms with E-state index >= 15 is 0 Å². The van der Waals surface area contributed by atoms with Crippen LogP contribution in [-0.4, -0.2) is 37.2 Å². The number of nitrogens with one attached hydrogen (secondary N) is 1. The summed E-state index contributed by atoms with van der Waals surface area (Å²) in [5, 5.41) is 3.35. The van der Waals surface area contributed by atoms with Crippen LogP contribution >= 0.6 is 0 Å². The minimum Gasteiger partial charge on any atom is -0.379 e. The number of benzene rings is 1. The van der Waals surface area contributed by atoms with Crippen LogP contribution in [0.4, 0.5) is 0 Å². The maximum absolute atomic E-state index is 5.46. The molecular formula is C15H24N2O. The van der Waals surface area contributed by atoms with Crippen molar-refractivity contribution in [2.75, 3.05) is 26.3 Å². The first-order chi connectivity index (χ1) is 8.79. The second-order valence-electron chi connectivity index (χ2n) is 4.99. The summed E-state index contributed by atoms with van der Waals surface area (Å²) in [7, 11) is 0. The van der Waals surface area contributed by atoms with Crippen LogP contribution in [0.25, 0.3) is 0 Å². The number of nitrogens with zero attached hydrogens (tertiary/aromatic N) is 1. The standard InChI is InChI=1S/C15H24N2O/c1-3-16-10-14-4-6-15(7-5-14)11-17-8-9-18-12-13(17)2/h4-7,13,16H,3,8-12H2,1-2H3. The lowest BCUT2D eigenvalue weighted by Crippen LogP contribution is -2.42. The predicted octanol–water partition coefficient (Wildman–Crippen LogP) is 2.02. The van der Waals surface area contributed by atoms with Crippen LogP contribution in [0.3, 0.4) is 0 Å². The predicted molar refractivity (Wildman–Crippen MR) is 74.5 cm³/mol. The van der Waals surface area contributed by atoms with E-state index in [1.54, 1.807) is 0 Å². The molecule has 1 aromatic rings. The van der Waals surface area contributed by atoms with Crippen molar-refractivity contribution in [3.8, 4) is 0 Å². The molecule has 0 amide bonds. The Kier molecular flexibility index (Phi) is 5.17. The second kappa shape index (κ2) is 6.88. The number of hydrogen-bond acceptors (Lipinski definition) is 3. The lowest BCUT2D eigenvalue weighted by molar-refractivity contribution is -0.00437. The molecule has 0 radical (unpaired) electrons. The zero-order chi connectivity index (χ0) is 12.8. The fourth-order valence-corrected chi connectivity index (χ4v) is 2.26. The van der Waals surface area contributed by atoms with Gasteiger partial charge in [-0.25, -0.2) is 0 Å². The molecule has 0 aliphatic carbocycles. The Hall–Kier alpha value is -0.900. The van der Waals surface area contributed by atoms with Gasteiger partial charge in [-0.3, -0.25) is 4.90 Å². The highest BCUT2D eigenvalue weighted by molar-refractivity contribution is 5.22. The molecular weight excluding hydrogens is 224 g/mol. The Bertz CT molecular complexity index is 350. The summed E-state index contributed by atoms with van der Waals surface area (Å²) >= 11 is 0. The maximum Gasteiger partial charge on any atom is 0.0619 e. The Balaban J connectivity index is 1.89. The third-order valence-corrected chi connectivity index (χ3v) is 3.49. The van der Waals surface area contributed by atoms with Crippen LogP contribution in [0.15, 0.2) is 24.3 Å². The Morgan fingerprint density at radius 2 is 2.00 bits per heavy atom. The molecule has 1 unspecified atom stereocenters. The lowest BCUT2D eigenvalue weighted by atomic mass is 10.1. The highest BCUT2D eigenvalue weighted by Crippen LogP contribution is 2.12. The van der Waals surface area contributed by atoms with Crippen molar-refractivity contribution in [2.45, 2.75) is 33.0 Å². The molecule has 0 saturated carbocycles. The van der Waals surface area contributed by atoms with Crippen LogP contribution in [0, 0.1) is 0 Å². The largest absolute Gasteiger partial charge is 0.379 e. The van der Waals surface area contributed by atoms with Gasteiger partial charge in [-0.1, -0.05) is 31.2 Å². The van der Waals surface area contributed by atoms with Crippen molar-refractivity contribution in [1.82, 2.24) is 10.2 Å². The molecule has 1 aliphatic heterocycles. The van der Waals surface area contributed by atoms with Gasteiger partial charge in [0.15, 0.2) is 0 Å². The Labute approximate surface area is 110 Å². The minimum absolute atomic E-state index is 0.528. The average molecular weight is 248 g/mol. The van der Waals surface area contributed by atoms with Crippen LogP contribution in [0.5, 0.6) is 0 Å². The highest BCUT2D eigenvalue weighted by atomic mass is 16.5. The van der Waals surface area contributed by atoms with E-state index in [2.05, 4.69) is 48.3 Å². The molecule has 1 atom stereocenters. The molecule has 100 valence electrons. The number of hydrogen-bond donors (Lipinski definition) is 1. The monoisotopic (exact) mass is 248 g/mol. The molecule has 1 heterocycles. The second-order valence-corrected chi connectivity index (χ2v) is 4.99. The summed E-state index contributed by atoms with van der Waals surface area (Å²) in [5.74, 6) is 0. The Morgan fingerprint density at radius 3 is 2.67 bits per heavy atom. The fraction of sp³-hybridized carbons (Fsp3) is 0.600. The van der Waals surface area contributed by atoms with Crippen molar-refractivity contribution >= 4 is 0 Å². The minimum atomic E-state index is 0.528. The number of morpholine rings is 1. The molecule has 3 heteroatoms. The molecule has 1 aromatic carbocycles. The molecule has 0 spiro atoms. The molecule has 1 N–H and O–H groups in total. The number of rotatable bonds is 5. The van der Waals surface area contributed by atoms with Gasteiger partial charge >= 0.3 is 0 Å². The molecule has 2 rings (SSSR count). The first-order valence-corrected chi connectivity index (χ1v) is 6.90. The van der Waals surface area contributed by atoms with E-state index < -0.39 is 0 Å². The zero-order valence-electron chi connectivity index (χ0n) is 11.5. The van der Waals surface area contributed by atoms with E-state index in [1.807, 2.05) is 0 Å². The first kappa shape index (κ1) is 13.5. The third kappa shape index (κ3) is 3.80. The molecule has 1 saturated heterocycles. The van der Waals surface area contributed by atoms with E-state index in [9.17, 15) is 0 Å². The van der Waals surface area contributed by atoms with Gasteiger partial charge in [0.25, 0.3) is 0 Å². The maximum atomic E-state index is 5.46. The van der Waals surface area contributed by atoms with E-state index in [4.69, 9.17) is 4.74 Å². The van der Waals surface area contributed by atoms with Gasteiger partial charge in [-0.2, -0.15) is 0 Å². The highest BCUT2D eigenvalue weighted by Gasteiger charge is 2.18. The summed E-state index contributed by atoms with van der Waals surface area (Å²) in [4.78, 5) is 2.49. The van der Waals surface area contributed by atoms with Gasteiger partial charge < -0.3 is 10.1 Å². The van der Waals surface area contributed by atoms with Gasteiger partial charge in [0, 0.05) is 25.7 Å². The van der Waals surface area contributed by atoms with Crippen molar-refractivity contribution in [3.05, 3.63) is 35.4 Å². The first-order valence-electron chi connectivity index (χ1n) is 6.90. The summed E-state index contributed by atoms with van der Waals surface area (Å²) < 4.78 is 5.46.